The molecule has 1 fully saturated rings. The fourth-order valence-electron chi connectivity index (χ4n) is 3.66. The van der Waals surface area contributed by atoms with Crippen LogP contribution in [0.4, 0.5) is 11.4 Å². The second kappa shape index (κ2) is 4.44. The van der Waals surface area contributed by atoms with Gasteiger partial charge in [0.15, 0.2) is 0 Å². The van der Waals surface area contributed by atoms with Crippen LogP contribution in [0.3, 0.4) is 0 Å². The van der Waals surface area contributed by atoms with E-state index in [2.05, 4.69) is 47.0 Å². The lowest BCUT2D eigenvalue weighted by molar-refractivity contribution is 0.332. The summed E-state index contributed by atoms with van der Waals surface area (Å²) in [5.41, 5.74) is 2.59. The Hall–Kier alpha value is -1.70. The highest BCUT2D eigenvalue weighted by molar-refractivity contribution is 6.04. The third-order valence-electron chi connectivity index (χ3n) is 4.65. The van der Waals surface area contributed by atoms with Crippen LogP contribution in [0.25, 0.3) is 10.8 Å². The number of anilines is 2. The lowest BCUT2D eigenvalue weighted by atomic mass is 9.86. The molecule has 0 spiro atoms. The molecule has 0 aromatic heterocycles. The van der Waals surface area contributed by atoms with E-state index in [-0.39, 0.29) is 0 Å². The second-order valence-corrected chi connectivity index (χ2v) is 5.87. The third kappa shape index (κ3) is 1.86. The first kappa shape index (κ1) is 11.2. The molecule has 1 aliphatic heterocycles. The first-order valence-electron chi connectivity index (χ1n) is 7.47. The highest BCUT2D eigenvalue weighted by Gasteiger charge is 2.27. The van der Waals surface area contributed by atoms with E-state index in [1.54, 1.807) is 0 Å². The Labute approximate surface area is 114 Å². The average Bonchev–Trinajstić information content (AvgIpc) is 2.49. The third-order valence-corrected chi connectivity index (χ3v) is 4.65. The maximum absolute atomic E-state index is 3.72. The molecule has 0 atom stereocenters. The van der Waals surface area contributed by atoms with Crippen LogP contribution in [-0.2, 0) is 0 Å². The lowest BCUT2D eigenvalue weighted by Gasteiger charge is -2.36. The van der Waals surface area contributed by atoms with Gasteiger partial charge in [0, 0.05) is 16.8 Å². The van der Waals surface area contributed by atoms with E-state index in [1.807, 2.05) is 0 Å². The molecule has 0 amide bonds. The van der Waals surface area contributed by atoms with Crippen LogP contribution in [0, 0.1) is 5.92 Å². The van der Waals surface area contributed by atoms with Crippen LogP contribution in [0.2, 0.25) is 0 Å². The molecule has 0 radical (unpaired) electrons. The summed E-state index contributed by atoms with van der Waals surface area (Å²) < 4.78 is 0. The molecule has 0 unspecified atom stereocenters. The van der Waals surface area contributed by atoms with Crippen molar-refractivity contribution in [1.82, 2.24) is 0 Å². The monoisotopic (exact) mass is 252 g/mol. The zero-order valence-electron chi connectivity index (χ0n) is 11.2. The van der Waals surface area contributed by atoms with Crippen molar-refractivity contribution < 1.29 is 0 Å². The van der Waals surface area contributed by atoms with Gasteiger partial charge < -0.3 is 10.6 Å². The summed E-state index contributed by atoms with van der Waals surface area (Å²) in [6.07, 6.45) is 7.29. The maximum Gasteiger partial charge on any atom is 0.0993 e. The Kier molecular flexibility index (Phi) is 2.61. The van der Waals surface area contributed by atoms with Gasteiger partial charge in [0.05, 0.1) is 6.17 Å². The molecule has 4 rings (SSSR count). The fourth-order valence-corrected chi connectivity index (χ4v) is 3.66. The highest BCUT2D eigenvalue weighted by Crippen LogP contribution is 2.38. The molecular weight excluding hydrogens is 232 g/mol. The normalized spacial score (nSPS) is 20.0. The molecule has 2 aromatic carbocycles. The van der Waals surface area contributed by atoms with Crippen molar-refractivity contribution in [2.24, 2.45) is 5.92 Å². The minimum absolute atomic E-state index is 0.404. The highest BCUT2D eigenvalue weighted by atomic mass is 15.2. The van der Waals surface area contributed by atoms with Crippen LogP contribution in [0.15, 0.2) is 36.4 Å². The number of nitrogens with one attached hydrogen (secondary N) is 2. The van der Waals surface area contributed by atoms with E-state index in [9.17, 15) is 0 Å². The molecule has 19 heavy (non-hydrogen) atoms. The van der Waals surface area contributed by atoms with E-state index in [1.165, 1.54) is 54.3 Å². The van der Waals surface area contributed by atoms with Crippen molar-refractivity contribution in [2.45, 2.75) is 38.3 Å². The molecule has 2 aromatic rings. The van der Waals surface area contributed by atoms with Crippen molar-refractivity contribution in [1.29, 1.82) is 0 Å². The van der Waals surface area contributed by atoms with Gasteiger partial charge in [-0.15, -0.1) is 0 Å². The molecule has 2 aliphatic rings. The Bertz CT molecular complexity index is 558. The molecule has 1 aliphatic carbocycles. The quantitative estimate of drug-likeness (QED) is 0.776. The maximum atomic E-state index is 3.72. The van der Waals surface area contributed by atoms with Crippen molar-refractivity contribution in [2.75, 3.05) is 10.6 Å². The molecule has 1 heterocycles. The summed E-state index contributed by atoms with van der Waals surface area (Å²) >= 11 is 0. The molecular formula is C17H20N2. The number of hydrogen-bond acceptors (Lipinski definition) is 2. The summed E-state index contributed by atoms with van der Waals surface area (Å²) in [4.78, 5) is 0. The van der Waals surface area contributed by atoms with Crippen LogP contribution in [-0.4, -0.2) is 6.17 Å². The van der Waals surface area contributed by atoms with Crippen molar-refractivity contribution in [3.63, 3.8) is 0 Å². The van der Waals surface area contributed by atoms with E-state index in [4.69, 9.17) is 0 Å². The van der Waals surface area contributed by atoms with Gasteiger partial charge in [0.25, 0.3) is 0 Å². The van der Waals surface area contributed by atoms with Gasteiger partial charge in [-0.1, -0.05) is 43.5 Å². The molecule has 0 bridgehead atoms. The number of benzene rings is 2. The molecule has 2 N–H and O–H groups in total. The van der Waals surface area contributed by atoms with Gasteiger partial charge in [-0.3, -0.25) is 0 Å². The number of hydrogen-bond donors (Lipinski definition) is 2. The molecule has 2 heteroatoms. The van der Waals surface area contributed by atoms with Crippen LogP contribution in [0.1, 0.15) is 32.1 Å². The second-order valence-electron chi connectivity index (χ2n) is 5.87. The topological polar surface area (TPSA) is 24.1 Å². The first-order chi connectivity index (χ1) is 9.42. The summed E-state index contributed by atoms with van der Waals surface area (Å²) in [6.45, 7) is 0. The van der Waals surface area contributed by atoms with Crippen LogP contribution >= 0.6 is 0 Å². The van der Waals surface area contributed by atoms with Gasteiger partial charge in [-0.05, 0) is 36.3 Å². The summed E-state index contributed by atoms with van der Waals surface area (Å²) in [7, 11) is 0. The largest absolute Gasteiger partial charge is 0.365 e. The smallest absolute Gasteiger partial charge is 0.0993 e. The predicted octanol–water partition coefficient (Wildman–Crippen LogP) is 4.58. The lowest BCUT2D eigenvalue weighted by Crippen LogP contribution is -2.39. The average molecular weight is 252 g/mol. The van der Waals surface area contributed by atoms with Crippen LogP contribution < -0.4 is 10.6 Å². The van der Waals surface area contributed by atoms with Crippen molar-refractivity contribution in [3.8, 4) is 0 Å². The van der Waals surface area contributed by atoms with Crippen molar-refractivity contribution in [3.05, 3.63) is 36.4 Å². The van der Waals surface area contributed by atoms with Gasteiger partial charge >= 0.3 is 0 Å². The van der Waals surface area contributed by atoms with E-state index in [0.29, 0.717) is 6.17 Å². The SMILES string of the molecule is c1cc2c3c(cccc3c1)NC(C1CCCCC1)N2. The van der Waals surface area contributed by atoms with E-state index in [0.717, 1.165) is 5.92 Å². The first-order valence-corrected chi connectivity index (χ1v) is 7.47. The van der Waals surface area contributed by atoms with E-state index < -0.39 is 0 Å². The Morgan fingerprint density at radius 3 is 2.05 bits per heavy atom. The summed E-state index contributed by atoms with van der Waals surface area (Å²) in [5.74, 6) is 0.761. The summed E-state index contributed by atoms with van der Waals surface area (Å²) in [5, 5.41) is 10.1. The van der Waals surface area contributed by atoms with Crippen molar-refractivity contribution >= 4 is 22.1 Å². The Morgan fingerprint density at radius 2 is 1.42 bits per heavy atom. The van der Waals surface area contributed by atoms with Gasteiger partial charge in [-0.25, -0.2) is 0 Å². The standard InChI is InChI=1S/C17H20N2/c1-2-6-13(7-3-1)17-18-14-10-4-8-12-9-5-11-15(19-17)16(12)14/h4-5,8-11,13,17-19H,1-3,6-7H2. The predicted molar refractivity (Wildman–Crippen MR) is 81.6 cm³/mol. The van der Waals surface area contributed by atoms with E-state index >= 15 is 0 Å². The molecule has 2 nitrogen and oxygen atoms in total. The molecule has 1 saturated carbocycles. The van der Waals surface area contributed by atoms with Gasteiger partial charge in [-0.2, -0.15) is 0 Å². The zero-order chi connectivity index (χ0) is 12.7. The Morgan fingerprint density at radius 1 is 0.789 bits per heavy atom. The van der Waals surface area contributed by atoms with Crippen LogP contribution in [0.5, 0.6) is 0 Å². The van der Waals surface area contributed by atoms with Gasteiger partial charge in [0.1, 0.15) is 0 Å². The minimum Gasteiger partial charge on any atom is -0.365 e. The Balaban J connectivity index is 1.72. The summed E-state index contributed by atoms with van der Waals surface area (Å²) in [6, 6.07) is 13.1. The minimum atomic E-state index is 0.404. The molecule has 0 saturated heterocycles. The fraction of sp³-hybridized carbons (Fsp3) is 0.412. The van der Waals surface area contributed by atoms with Gasteiger partial charge in [0.2, 0.25) is 0 Å². The zero-order valence-corrected chi connectivity index (χ0v) is 11.2. The number of rotatable bonds is 1. The molecule has 98 valence electrons.